The molecule has 0 spiro atoms. The third kappa shape index (κ3) is 3.58. The zero-order valence-corrected chi connectivity index (χ0v) is 20.8. The van der Waals surface area contributed by atoms with Gasteiger partial charge in [-0.15, -0.1) is 0 Å². The number of nitrogens with two attached hydrogens (primary N) is 1. The van der Waals surface area contributed by atoms with Crippen LogP contribution < -0.4 is 11.1 Å². The summed E-state index contributed by atoms with van der Waals surface area (Å²) >= 11 is 14.4. The van der Waals surface area contributed by atoms with Crippen molar-refractivity contribution in [3.63, 3.8) is 0 Å². The molecule has 3 heterocycles. The van der Waals surface area contributed by atoms with E-state index in [1.54, 1.807) is 0 Å². The van der Waals surface area contributed by atoms with Crippen molar-refractivity contribution >= 4 is 86.1 Å². The van der Waals surface area contributed by atoms with Gasteiger partial charge in [-0.3, -0.25) is 0 Å². The number of para-hydroxylation sites is 1. The first-order valence-electron chi connectivity index (χ1n) is 8.81. The van der Waals surface area contributed by atoms with Gasteiger partial charge in [-0.1, -0.05) is 12.1 Å². The Labute approximate surface area is 191 Å². The van der Waals surface area contributed by atoms with E-state index in [0.717, 1.165) is 67.4 Å². The Kier molecular flexibility index (Phi) is 5.88. The van der Waals surface area contributed by atoms with Crippen molar-refractivity contribution in [3.8, 4) is 0 Å². The highest BCUT2D eigenvalue weighted by Crippen LogP contribution is 2.43. The van der Waals surface area contributed by atoms with Gasteiger partial charge in [-0.05, 0) is 107 Å². The molecule has 3 aromatic rings. The van der Waals surface area contributed by atoms with Gasteiger partial charge in [0.05, 0.1) is 21.4 Å². The lowest BCUT2D eigenvalue weighted by atomic mass is 10.0. The molecule has 4 nitrogen and oxygen atoms in total. The summed E-state index contributed by atoms with van der Waals surface area (Å²) in [6.07, 6.45) is 4.63. The summed E-state index contributed by atoms with van der Waals surface area (Å²) in [5, 5.41) is 3.31. The lowest BCUT2D eigenvalue weighted by Gasteiger charge is -2.19. The summed E-state index contributed by atoms with van der Waals surface area (Å²) in [6, 6.07) is 6.09. The fourth-order valence-electron chi connectivity index (χ4n) is 3.70. The molecule has 0 unspecified atom stereocenters. The van der Waals surface area contributed by atoms with Crippen LogP contribution >= 0.6 is 63.7 Å². The minimum Gasteiger partial charge on any atom is -0.397 e. The molecular weight excluding hydrogens is 604 g/mol. The molecule has 2 aliphatic heterocycles. The summed E-state index contributed by atoms with van der Waals surface area (Å²) in [4.78, 5) is 4.57. The molecule has 0 bridgehead atoms. The quantitative estimate of drug-likeness (QED) is 0.218. The van der Waals surface area contributed by atoms with Crippen LogP contribution in [0.1, 0.15) is 24.0 Å². The van der Waals surface area contributed by atoms with Gasteiger partial charge in [-0.2, -0.15) is 0 Å². The second kappa shape index (κ2) is 8.05. The first-order valence-corrected chi connectivity index (χ1v) is 12.0. The van der Waals surface area contributed by atoms with Gasteiger partial charge in [0.25, 0.3) is 0 Å². The number of halogens is 4. The zero-order valence-electron chi connectivity index (χ0n) is 14.5. The largest absolute Gasteiger partial charge is 0.397 e. The summed E-state index contributed by atoms with van der Waals surface area (Å²) in [7, 11) is 0. The lowest BCUT2D eigenvalue weighted by Crippen LogP contribution is -2.13. The van der Waals surface area contributed by atoms with E-state index in [-0.39, 0.29) is 0 Å². The number of rotatable bonds is 0. The maximum absolute atomic E-state index is 5.78. The molecule has 1 aromatic heterocycles. The van der Waals surface area contributed by atoms with Gasteiger partial charge in [0, 0.05) is 22.0 Å². The highest BCUT2D eigenvalue weighted by atomic mass is 79.9. The molecule has 3 N–H and O–H groups in total. The van der Waals surface area contributed by atoms with Crippen molar-refractivity contribution in [2.45, 2.75) is 32.2 Å². The molecular formula is C19H18Br4N4. The third-order valence-electron chi connectivity index (χ3n) is 4.98. The maximum atomic E-state index is 5.78. The Morgan fingerprint density at radius 1 is 1.00 bits per heavy atom. The van der Waals surface area contributed by atoms with E-state index >= 15 is 0 Å². The fourth-order valence-corrected chi connectivity index (χ4v) is 5.99. The molecule has 0 radical (unpaired) electrons. The van der Waals surface area contributed by atoms with Gasteiger partial charge in [0.15, 0.2) is 4.73 Å². The summed E-state index contributed by atoms with van der Waals surface area (Å²) < 4.78 is 6.35. The number of hydrogen-bond donors (Lipinski definition) is 2. The first kappa shape index (κ1) is 19.7. The van der Waals surface area contributed by atoms with Gasteiger partial charge in [-0.25, -0.2) is 4.98 Å². The van der Waals surface area contributed by atoms with Crippen LogP contribution in [-0.2, 0) is 19.4 Å². The van der Waals surface area contributed by atoms with Gasteiger partial charge < -0.3 is 15.6 Å². The smallest absolute Gasteiger partial charge is 0.178 e. The van der Waals surface area contributed by atoms with E-state index in [9.17, 15) is 0 Å². The highest BCUT2D eigenvalue weighted by Gasteiger charge is 2.23. The Morgan fingerprint density at radius 3 is 2.59 bits per heavy atom. The van der Waals surface area contributed by atoms with E-state index in [1.807, 2.05) is 12.1 Å². The summed E-state index contributed by atoms with van der Waals surface area (Å²) in [5.41, 5.74) is 12.8. The van der Waals surface area contributed by atoms with E-state index in [2.05, 4.69) is 84.7 Å². The molecule has 0 fully saturated rings. The average molecular weight is 622 g/mol. The number of anilines is 2. The number of nitrogens with zero attached hydrogens (tertiary/aromatic N) is 2. The van der Waals surface area contributed by atoms with Crippen molar-refractivity contribution in [1.82, 2.24) is 9.55 Å². The number of nitrogen functional groups attached to an aromatic ring is 1. The maximum Gasteiger partial charge on any atom is 0.178 e. The molecule has 8 heteroatoms. The van der Waals surface area contributed by atoms with Crippen LogP contribution in [0.4, 0.5) is 11.4 Å². The minimum absolute atomic E-state index is 0.877. The van der Waals surface area contributed by atoms with Gasteiger partial charge in [0.2, 0.25) is 0 Å². The van der Waals surface area contributed by atoms with Crippen LogP contribution in [0, 0.1) is 0 Å². The molecule has 2 aliphatic rings. The number of aromatic nitrogens is 2. The van der Waals surface area contributed by atoms with E-state index in [4.69, 9.17) is 5.73 Å². The number of benzene rings is 2. The molecule has 0 amide bonds. The number of aryl methyl sites for hydroxylation is 3. The van der Waals surface area contributed by atoms with Crippen molar-refractivity contribution in [1.29, 1.82) is 0 Å². The Balaban J connectivity index is 0.000000143. The van der Waals surface area contributed by atoms with Crippen LogP contribution in [0.5, 0.6) is 0 Å². The van der Waals surface area contributed by atoms with E-state index < -0.39 is 0 Å². The Bertz CT molecular complexity index is 1030. The Hall–Kier alpha value is -0.570. The van der Waals surface area contributed by atoms with Gasteiger partial charge >= 0.3 is 0 Å². The molecule has 2 aromatic carbocycles. The molecule has 0 saturated heterocycles. The predicted molar refractivity (Wildman–Crippen MR) is 127 cm³/mol. The number of imidazole rings is 1. The van der Waals surface area contributed by atoms with Crippen LogP contribution in [0.3, 0.4) is 0 Å². The minimum atomic E-state index is 0.877. The highest BCUT2D eigenvalue weighted by molar-refractivity contribution is 9.14. The van der Waals surface area contributed by atoms with E-state index in [1.165, 1.54) is 23.1 Å². The second-order valence-electron chi connectivity index (χ2n) is 6.67. The fraction of sp³-hybridized carbons (Fsp3) is 0.316. The predicted octanol–water partition coefficient (Wildman–Crippen LogP) is 6.66. The lowest BCUT2D eigenvalue weighted by molar-refractivity contribution is 0.620. The molecule has 0 atom stereocenters. The molecule has 142 valence electrons. The second-order valence-corrected chi connectivity index (χ2v) is 9.75. The average Bonchev–Trinajstić information content (AvgIpc) is 3.03. The van der Waals surface area contributed by atoms with Crippen LogP contribution in [0.25, 0.3) is 11.0 Å². The SMILES string of the molecule is Brc1c(Br)c2c3c(nc(Br)n3CCC2)c1Br.Nc1cccc2c1NCCC2. The normalized spacial score (nSPS) is 15.0. The van der Waals surface area contributed by atoms with Crippen LogP contribution in [0.2, 0.25) is 0 Å². The number of fused-ring (bicyclic) bond motifs is 1. The first-order chi connectivity index (χ1) is 13.0. The standard InChI is InChI=1S/C10H6Br4N2.C9H12N2/c11-5-4-2-1-3-16-9(4)8(15-10(16)14)7(13)6(5)12;10-8-5-1-3-7-4-2-6-11-9(7)8/h1-3H2;1,3,5,11H,2,4,6,10H2. The topological polar surface area (TPSA) is 55.9 Å². The molecule has 5 rings (SSSR count). The molecule has 0 aliphatic carbocycles. The van der Waals surface area contributed by atoms with Crippen molar-refractivity contribution in [3.05, 3.63) is 47.5 Å². The van der Waals surface area contributed by atoms with Crippen molar-refractivity contribution in [2.75, 3.05) is 17.6 Å². The third-order valence-corrected chi connectivity index (χ3v) is 9.09. The molecule has 27 heavy (non-hydrogen) atoms. The van der Waals surface area contributed by atoms with Crippen molar-refractivity contribution in [2.24, 2.45) is 0 Å². The van der Waals surface area contributed by atoms with E-state index in [0.29, 0.717) is 0 Å². The van der Waals surface area contributed by atoms with Crippen LogP contribution in [0.15, 0.2) is 36.4 Å². The Morgan fingerprint density at radius 2 is 1.81 bits per heavy atom. The number of nitrogens with one attached hydrogen (secondary N) is 1. The van der Waals surface area contributed by atoms with Gasteiger partial charge in [0.1, 0.15) is 5.52 Å². The molecule has 0 saturated carbocycles. The summed E-state index contributed by atoms with van der Waals surface area (Å²) in [5.74, 6) is 0. The monoisotopic (exact) mass is 618 g/mol. The summed E-state index contributed by atoms with van der Waals surface area (Å²) in [6.45, 7) is 2.09. The van der Waals surface area contributed by atoms with Crippen LogP contribution in [-0.4, -0.2) is 16.1 Å². The number of hydrogen-bond acceptors (Lipinski definition) is 3. The zero-order chi connectivity index (χ0) is 19.1. The van der Waals surface area contributed by atoms with Crippen molar-refractivity contribution < 1.29 is 0 Å².